The van der Waals surface area contributed by atoms with E-state index >= 15 is 0 Å². The average Bonchev–Trinajstić information content (AvgIpc) is 2.64. The Labute approximate surface area is 170 Å². The predicted octanol–water partition coefficient (Wildman–Crippen LogP) is 4.38. The Bertz CT molecular complexity index is 732. The molecule has 0 spiro atoms. The summed E-state index contributed by atoms with van der Waals surface area (Å²) >= 11 is 0. The maximum Gasteiger partial charge on any atom is 0.306 e. The largest absolute Gasteiger partial charge is 0.493 e. The van der Waals surface area contributed by atoms with Crippen LogP contribution in [0.2, 0.25) is 0 Å². The van der Waals surface area contributed by atoms with Crippen molar-refractivity contribution in [2.24, 2.45) is 5.92 Å². The Balaban J connectivity index is 3.15. The van der Waals surface area contributed by atoms with Crippen LogP contribution in [0.1, 0.15) is 65.4 Å². The number of hydrogen-bond donors (Lipinski definition) is 0. The van der Waals surface area contributed by atoms with E-state index in [4.69, 9.17) is 8.92 Å². The number of methoxy groups -OCH3 is 1. The lowest BCUT2D eigenvalue weighted by Crippen LogP contribution is -2.41. The summed E-state index contributed by atoms with van der Waals surface area (Å²) in [4.78, 5) is 15.1. The molecule has 0 bridgehead atoms. The highest BCUT2D eigenvalue weighted by molar-refractivity contribution is 7.86. The molecule has 2 atom stereocenters. The van der Waals surface area contributed by atoms with Crippen LogP contribution in [0.4, 0.5) is 0 Å². The zero-order chi connectivity index (χ0) is 21.3. The van der Waals surface area contributed by atoms with Crippen LogP contribution in [0, 0.1) is 5.92 Å². The molecule has 0 heterocycles. The summed E-state index contributed by atoms with van der Waals surface area (Å²) in [5.74, 6) is 0.646. The molecule has 160 valence electrons. The second-order valence-electron chi connectivity index (χ2n) is 7.24. The molecule has 0 saturated heterocycles. The Kier molecular flexibility index (Phi) is 9.79. The van der Waals surface area contributed by atoms with Gasteiger partial charge in [-0.05, 0) is 43.9 Å². The molecule has 1 rings (SSSR count). The Hall–Kier alpha value is -1.76. The van der Waals surface area contributed by atoms with E-state index in [0.29, 0.717) is 12.3 Å². The van der Waals surface area contributed by atoms with Crippen molar-refractivity contribution in [2.45, 2.75) is 72.4 Å². The van der Waals surface area contributed by atoms with Crippen molar-refractivity contribution in [2.75, 3.05) is 13.4 Å². The van der Waals surface area contributed by atoms with E-state index < -0.39 is 10.1 Å². The first-order valence-corrected chi connectivity index (χ1v) is 11.8. The molecule has 7 heteroatoms. The molecular formula is C21H35NO5S. The number of carbonyl (C=O) groups is 1. The summed E-state index contributed by atoms with van der Waals surface area (Å²) in [7, 11) is -2.22. The topological polar surface area (TPSA) is 72.9 Å². The Morgan fingerprint density at radius 3 is 2.32 bits per heavy atom. The molecule has 28 heavy (non-hydrogen) atoms. The van der Waals surface area contributed by atoms with Gasteiger partial charge < -0.3 is 13.8 Å². The van der Waals surface area contributed by atoms with Gasteiger partial charge in [0, 0.05) is 18.5 Å². The average molecular weight is 414 g/mol. The van der Waals surface area contributed by atoms with Crippen LogP contribution < -0.4 is 8.92 Å². The summed E-state index contributed by atoms with van der Waals surface area (Å²) in [5.41, 5.74) is 0.804. The standard InChI is InChI=1S/C21H35NO5S/c1-7-10-11-18(9-3)21(23)22(16(4)8-2)15-17-12-13-19(26-5)20(14-17)27-28(6,24)25/h12-14,16,18H,7-11,15H2,1-6H3/t16-,18-/m0/s1. The molecular weight excluding hydrogens is 378 g/mol. The lowest BCUT2D eigenvalue weighted by atomic mass is 9.96. The number of hydrogen-bond acceptors (Lipinski definition) is 5. The highest BCUT2D eigenvalue weighted by Gasteiger charge is 2.26. The summed E-state index contributed by atoms with van der Waals surface area (Å²) in [6.07, 6.45) is 5.65. The molecule has 1 amide bonds. The molecule has 0 unspecified atom stereocenters. The van der Waals surface area contributed by atoms with E-state index in [0.717, 1.165) is 43.9 Å². The summed E-state index contributed by atoms with van der Waals surface area (Å²) in [5, 5.41) is 0. The second-order valence-corrected chi connectivity index (χ2v) is 8.82. The number of nitrogens with zero attached hydrogens (tertiary/aromatic N) is 1. The molecule has 0 aromatic heterocycles. The molecule has 0 aliphatic rings. The van der Waals surface area contributed by atoms with Crippen molar-refractivity contribution in [3.8, 4) is 11.5 Å². The van der Waals surface area contributed by atoms with Gasteiger partial charge in [-0.2, -0.15) is 8.42 Å². The zero-order valence-electron chi connectivity index (χ0n) is 18.0. The summed E-state index contributed by atoms with van der Waals surface area (Å²) < 4.78 is 33.4. The van der Waals surface area contributed by atoms with Gasteiger partial charge in [0.25, 0.3) is 0 Å². The van der Waals surface area contributed by atoms with E-state index in [1.54, 1.807) is 12.1 Å². The first-order valence-electron chi connectivity index (χ1n) is 10.0. The monoisotopic (exact) mass is 413 g/mol. The zero-order valence-corrected chi connectivity index (χ0v) is 18.8. The first-order chi connectivity index (χ1) is 13.2. The third-order valence-electron chi connectivity index (χ3n) is 4.98. The van der Waals surface area contributed by atoms with E-state index in [1.807, 2.05) is 17.9 Å². The van der Waals surface area contributed by atoms with Crippen molar-refractivity contribution in [3.05, 3.63) is 23.8 Å². The van der Waals surface area contributed by atoms with Crippen molar-refractivity contribution in [1.82, 2.24) is 4.90 Å². The van der Waals surface area contributed by atoms with E-state index in [1.165, 1.54) is 7.11 Å². The molecule has 1 aromatic carbocycles. The SMILES string of the molecule is CCCC[C@H](CC)C(=O)N(Cc1ccc(OC)c(OS(C)(=O)=O)c1)[C@@H](C)CC. The fourth-order valence-corrected chi connectivity index (χ4v) is 3.56. The molecule has 0 fully saturated rings. The van der Waals surface area contributed by atoms with Crippen molar-refractivity contribution in [1.29, 1.82) is 0 Å². The Morgan fingerprint density at radius 1 is 1.14 bits per heavy atom. The van der Waals surface area contributed by atoms with E-state index in [-0.39, 0.29) is 23.6 Å². The van der Waals surface area contributed by atoms with Crippen LogP contribution >= 0.6 is 0 Å². The van der Waals surface area contributed by atoms with Crippen molar-refractivity contribution < 1.29 is 22.1 Å². The van der Waals surface area contributed by atoms with Gasteiger partial charge in [0.15, 0.2) is 11.5 Å². The van der Waals surface area contributed by atoms with Crippen LogP contribution in [0.5, 0.6) is 11.5 Å². The number of amides is 1. The lowest BCUT2D eigenvalue weighted by Gasteiger charge is -2.32. The molecule has 6 nitrogen and oxygen atoms in total. The Morgan fingerprint density at radius 2 is 1.82 bits per heavy atom. The number of unbranched alkanes of at least 4 members (excludes halogenated alkanes) is 1. The van der Waals surface area contributed by atoms with Gasteiger partial charge in [-0.15, -0.1) is 0 Å². The number of ether oxygens (including phenoxy) is 1. The molecule has 0 radical (unpaired) electrons. The van der Waals surface area contributed by atoms with Crippen molar-refractivity contribution >= 4 is 16.0 Å². The third kappa shape index (κ3) is 7.34. The van der Waals surface area contributed by atoms with Crippen molar-refractivity contribution in [3.63, 3.8) is 0 Å². The molecule has 1 aromatic rings. The van der Waals surface area contributed by atoms with Gasteiger partial charge in [0.05, 0.1) is 13.4 Å². The quantitative estimate of drug-likeness (QED) is 0.476. The van der Waals surface area contributed by atoms with Crippen LogP contribution in [-0.4, -0.2) is 38.6 Å². The van der Waals surface area contributed by atoms with Gasteiger partial charge in [0.1, 0.15) is 0 Å². The highest BCUT2D eigenvalue weighted by atomic mass is 32.2. The summed E-state index contributed by atoms with van der Waals surface area (Å²) in [6.45, 7) is 8.69. The third-order valence-corrected chi connectivity index (χ3v) is 5.46. The second kappa shape index (κ2) is 11.3. The number of benzene rings is 1. The highest BCUT2D eigenvalue weighted by Crippen LogP contribution is 2.30. The number of carbonyl (C=O) groups excluding carboxylic acids is 1. The van der Waals surface area contributed by atoms with Gasteiger partial charge in [-0.25, -0.2) is 0 Å². The van der Waals surface area contributed by atoms with Crippen LogP contribution in [-0.2, 0) is 21.5 Å². The van der Waals surface area contributed by atoms with Gasteiger partial charge in [0.2, 0.25) is 5.91 Å². The first kappa shape index (κ1) is 24.3. The minimum absolute atomic E-state index is 0.0129. The van der Waals surface area contributed by atoms with Gasteiger partial charge >= 0.3 is 10.1 Å². The smallest absolute Gasteiger partial charge is 0.306 e. The number of rotatable bonds is 12. The maximum absolute atomic E-state index is 13.2. The van der Waals surface area contributed by atoms with Crippen LogP contribution in [0.15, 0.2) is 18.2 Å². The predicted molar refractivity (Wildman–Crippen MR) is 112 cm³/mol. The normalized spacial score (nSPS) is 13.6. The minimum atomic E-state index is -3.68. The molecule has 0 aliphatic carbocycles. The lowest BCUT2D eigenvalue weighted by molar-refractivity contribution is -0.138. The molecule has 0 saturated carbocycles. The molecule has 0 N–H and O–H groups in total. The fourth-order valence-electron chi connectivity index (χ4n) is 3.10. The van der Waals surface area contributed by atoms with Crippen LogP contribution in [0.3, 0.4) is 0 Å². The van der Waals surface area contributed by atoms with Crippen LogP contribution in [0.25, 0.3) is 0 Å². The fraction of sp³-hybridized carbons (Fsp3) is 0.667. The maximum atomic E-state index is 13.2. The minimum Gasteiger partial charge on any atom is -0.493 e. The van der Waals surface area contributed by atoms with E-state index in [2.05, 4.69) is 20.8 Å². The summed E-state index contributed by atoms with van der Waals surface area (Å²) in [6, 6.07) is 5.23. The molecule has 0 aliphatic heterocycles. The van der Waals surface area contributed by atoms with E-state index in [9.17, 15) is 13.2 Å². The van der Waals surface area contributed by atoms with Gasteiger partial charge in [-0.3, -0.25) is 4.79 Å². The van der Waals surface area contributed by atoms with Gasteiger partial charge in [-0.1, -0.05) is 39.7 Å².